The fourth-order valence-corrected chi connectivity index (χ4v) is 3.00. The molecule has 0 saturated carbocycles. The minimum Gasteiger partial charge on any atom is -0.392 e. The first-order valence-corrected chi connectivity index (χ1v) is 10.2. The summed E-state index contributed by atoms with van der Waals surface area (Å²) in [5, 5.41) is 8.61. The number of rotatable bonds is 18. The van der Waals surface area contributed by atoms with E-state index in [2.05, 4.69) is 13.0 Å². The maximum absolute atomic E-state index is 8.61. The van der Waals surface area contributed by atoms with E-state index in [4.69, 9.17) is 5.11 Å². The molecule has 0 aromatic rings. The topological polar surface area (TPSA) is 55.2 Å². The average molecular weight is 328 g/mol. The third kappa shape index (κ3) is 24.0. The second-order valence-electron chi connectivity index (χ2n) is 6.75. The molecule has 2 nitrogen and oxygen atoms in total. The summed E-state index contributed by atoms with van der Waals surface area (Å²) >= 11 is 0. The van der Waals surface area contributed by atoms with Gasteiger partial charge in [-0.15, -0.1) is 0 Å². The van der Waals surface area contributed by atoms with Crippen LogP contribution < -0.4 is 6.15 Å². The third-order valence-electron chi connectivity index (χ3n) is 4.50. The molecule has 0 aliphatic carbocycles. The van der Waals surface area contributed by atoms with Crippen molar-refractivity contribution < 1.29 is 5.11 Å². The Balaban J connectivity index is 0. The molecule has 0 bridgehead atoms. The highest BCUT2D eigenvalue weighted by atomic mass is 16.2. The molecular formula is C21H45NO. The Morgan fingerprint density at radius 2 is 0.870 bits per heavy atom. The monoisotopic (exact) mass is 327 g/mol. The smallest absolute Gasteiger partial charge is 0.0612 e. The van der Waals surface area contributed by atoms with E-state index < -0.39 is 0 Å². The Hall–Kier alpha value is -0.340. The first kappa shape index (κ1) is 24.9. The van der Waals surface area contributed by atoms with Crippen molar-refractivity contribution in [2.24, 2.45) is 0 Å². The minimum atomic E-state index is 0. The van der Waals surface area contributed by atoms with Gasteiger partial charge in [0, 0.05) is 0 Å². The Bertz CT molecular complexity index is 216. The van der Waals surface area contributed by atoms with E-state index in [0.29, 0.717) is 0 Å². The van der Waals surface area contributed by atoms with Crippen molar-refractivity contribution in [1.82, 2.24) is 6.15 Å². The number of hydrogen-bond acceptors (Lipinski definition) is 2. The van der Waals surface area contributed by atoms with Crippen LogP contribution in [0.25, 0.3) is 0 Å². The summed E-state index contributed by atoms with van der Waals surface area (Å²) in [6, 6.07) is 0. The second-order valence-corrected chi connectivity index (χ2v) is 6.75. The van der Waals surface area contributed by atoms with Gasteiger partial charge in [-0.3, -0.25) is 0 Å². The summed E-state index contributed by atoms with van der Waals surface area (Å²) in [5.41, 5.74) is 0. The molecule has 0 radical (unpaired) electrons. The van der Waals surface area contributed by atoms with Gasteiger partial charge in [0.25, 0.3) is 0 Å². The van der Waals surface area contributed by atoms with Crippen LogP contribution >= 0.6 is 0 Å². The predicted molar refractivity (Wildman–Crippen MR) is 105 cm³/mol. The molecule has 0 unspecified atom stereocenters. The molecular weight excluding hydrogens is 282 g/mol. The van der Waals surface area contributed by atoms with Gasteiger partial charge in [0.05, 0.1) is 6.61 Å². The van der Waals surface area contributed by atoms with Crippen molar-refractivity contribution in [3.63, 3.8) is 0 Å². The lowest BCUT2D eigenvalue weighted by atomic mass is 10.0. The van der Waals surface area contributed by atoms with Crippen LogP contribution in [0.2, 0.25) is 0 Å². The summed E-state index contributed by atoms with van der Waals surface area (Å²) in [7, 11) is 0. The Morgan fingerprint density at radius 3 is 1.22 bits per heavy atom. The van der Waals surface area contributed by atoms with Crippen LogP contribution in [0.1, 0.15) is 116 Å². The van der Waals surface area contributed by atoms with Gasteiger partial charge in [-0.25, -0.2) is 0 Å². The number of hydrogen-bond donors (Lipinski definition) is 2. The van der Waals surface area contributed by atoms with E-state index in [9.17, 15) is 0 Å². The Morgan fingerprint density at radius 1 is 0.522 bits per heavy atom. The molecule has 0 aromatic carbocycles. The number of aliphatic hydroxyl groups is 1. The maximum Gasteiger partial charge on any atom is 0.0612 e. The summed E-state index contributed by atoms with van der Waals surface area (Å²) in [5.74, 6) is 0. The molecule has 0 aliphatic rings. The molecule has 0 aliphatic heterocycles. The predicted octanol–water partition coefficient (Wildman–Crippen LogP) is 7.35. The molecule has 140 valence electrons. The summed E-state index contributed by atoms with van der Waals surface area (Å²) in [6.07, 6.45) is 27.9. The Kier molecular flexibility index (Phi) is 25.9. The summed E-state index contributed by atoms with van der Waals surface area (Å²) in [4.78, 5) is 0. The van der Waals surface area contributed by atoms with Crippen LogP contribution in [0.5, 0.6) is 0 Å². The van der Waals surface area contributed by atoms with E-state index in [1.807, 2.05) is 6.08 Å². The quantitative estimate of drug-likeness (QED) is 0.204. The molecule has 0 heterocycles. The van der Waals surface area contributed by atoms with Gasteiger partial charge in [0.15, 0.2) is 0 Å². The van der Waals surface area contributed by atoms with Gasteiger partial charge in [0.1, 0.15) is 0 Å². The number of unbranched alkanes of at least 4 members (excludes halogenated alkanes) is 16. The summed E-state index contributed by atoms with van der Waals surface area (Å²) in [6.45, 7) is 2.48. The van der Waals surface area contributed by atoms with Crippen molar-refractivity contribution in [3.8, 4) is 0 Å². The fraction of sp³-hybridized carbons (Fsp3) is 0.905. The van der Waals surface area contributed by atoms with Crippen LogP contribution in [-0.2, 0) is 0 Å². The van der Waals surface area contributed by atoms with Gasteiger partial charge >= 0.3 is 0 Å². The van der Waals surface area contributed by atoms with Gasteiger partial charge in [-0.2, -0.15) is 0 Å². The van der Waals surface area contributed by atoms with E-state index in [0.717, 1.165) is 6.42 Å². The Labute approximate surface area is 146 Å². The second kappa shape index (κ2) is 23.9. The first-order chi connectivity index (χ1) is 10.9. The SMILES string of the molecule is CCCCCCCCCCCCCCCCCCC=CCO.N. The summed E-state index contributed by atoms with van der Waals surface area (Å²) < 4.78 is 0. The maximum atomic E-state index is 8.61. The van der Waals surface area contributed by atoms with E-state index in [1.54, 1.807) is 0 Å². The van der Waals surface area contributed by atoms with Crippen molar-refractivity contribution in [2.45, 2.75) is 116 Å². The van der Waals surface area contributed by atoms with Crippen LogP contribution in [0.4, 0.5) is 0 Å². The van der Waals surface area contributed by atoms with Crippen LogP contribution in [0, 0.1) is 0 Å². The zero-order valence-corrected chi connectivity index (χ0v) is 16.0. The van der Waals surface area contributed by atoms with Gasteiger partial charge in [0.2, 0.25) is 0 Å². The first-order valence-electron chi connectivity index (χ1n) is 10.2. The normalized spacial score (nSPS) is 11.0. The molecule has 0 rings (SSSR count). The van der Waals surface area contributed by atoms with E-state index >= 15 is 0 Å². The van der Waals surface area contributed by atoms with Crippen molar-refractivity contribution >= 4 is 0 Å². The number of aliphatic hydroxyl groups excluding tert-OH is 1. The van der Waals surface area contributed by atoms with E-state index in [1.165, 1.54) is 103 Å². The van der Waals surface area contributed by atoms with Crippen molar-refractivity contribution in [3.05, 3.63) is 12.2 Å². The molecule has 0 amide bonds. The van der Waals surface area contributed by atoms with Crippen LogP contribution in [-0.4, -0.2) is 11.7 Å². The lowest BCUT2D eigenvalue weighted by molar-refractivity contribution is 0.342. The number of allylic oxidation sites excluding steroid dienone is 1. The molecule has 0 spiro atoms. The highest BCUT2D eigenvalue weighted by Gasteiger charge is 1.94. The fourth-order valence-electron chi connectivity index (χ4n) is 3.00. The average Bonchev–Trinajstić information content (AvgIpc) is 2.54. The molecule has 4 N–H and O–H groups in total. The minimum absolute atomic E-state index is 0. The van der Waals surface area contributed by atoms with Crippen LogP contribution in [0.15, 0.2) is 12.2 Å². The van der Waals surface area contributed by atoms with Gasteiger partial charge in [-0.1, -0.05) is 115 Å². The van der Waals surface area contributed by atoms with Crippen molar-refractivity contribution in [1.29, 1.82) is 0 Å². The largest absolute Gasteiger partial charge is 0.392 e. The van der Waals surface area contributed by atoms with Crippen molar-refractivity contribution in [2.75, 3.05) is 6.61 Å². The lowest BCUT2D eigenvalue weighted by Gasteiger charge is -2.03. The zero-order valence-electron chi connectivity index (χ0n) is 16.0. The van der Waals surface area contributed by atoms with Gasteiger partial charge in [-0.05, 0) is 12.8 Å². The molecule has 0 saturated heterocycles. The zero-order chi connectivity index (χ0) is 16.1. The molecule has 0 aromatic heterocycles. The molecule has 0 fully saturated rings. The molecule has 23 heavy (non-hydrogen) atoms. The third-order valence-corrected chi connectivity index (χ3v) is 4.50. The molecule has 2 heteroatoms. The highest BCUT2D eigenvalue weighted by Crippen LogP contribution is 2.13. The lowest BCUT2D eigenvalue weighted by Crippen LogP contribution is -1.83. The van der Waals surface area contributed by atoms with Crippen LogP contribution in [0.3, 0.4) is 0 Å². The highest BCUT2D eigenvalue weighted by molar-refractivity contribution is 4.80. The van der Waals surface area contributed by atoms with Gasteiger partial charge < -0.3 is 11.3 Å². The standard InChI is InChI=1S/C21H42O.H3N/c1-2-3-4-5-6-7-8-9-10-11-12-13-14-15-16-17-18-19-20-21-22;/h19-20,22H,2-18,21H2,1H3;1H3. The van der Waals surface area contributed by atoms with E-state index in [-0.39, 0.29) is 12.8 Å². The molecule has 0 atom stereocenters.